The average Bonchev–Trinajstić information content (AvgIpc) is 2.28. The zero-order valence-corrected chi connectivity index (χ0v) is 10.8. The van der Waals surface area contributed by atoms with Gasteiger partial charge in [-0.1, -0.05) is 19.9 Å². The Labute approximate surface area is 102 Å². The van der Waals surface area contributed by atoms with E-state index in [9.17, 15) is 8.78 Å². The van der Waals surface area contributed by atoms with Crippen LogP contribution in [0, 0.1) is 17.6 Å². The maximum Gasteiger partial charge on any atom is 0.159 e. The molecule has 0 heterocycles. The molecule has 1 N–H and O–H groups in total. The lowest BCUT2D eigenvalue weighted by Gasteiger charge is -2.17. The van der Waals surface area contributed by atoms with Crippen LogP contribution in [0.15, 0.2) is 18.2 Å². The van der Waals surface area contributed by atoms with Gasteiger partial charge in [0.15, 0.2) is 11.6 Å². The van der Waals surface area contributed by atoms with Gasteiger partial charge in [-0.3, -0.25) is 0 Å². The summed E-state index contributed by atoms with van der Waals surface area (Å²) in [5.74, 6) is -0.881. The van der Waals surface area contributed by atoms with Gasteiger partial charge in [-0.15, -0.1) is 0 Å². The zero-order valence-electron chi connectivity index (χ0n) is 10.8. The number of benzene rings is 1. The summed E-state index contributed by atoms with van der Waals surface area (Å²) in [6.45, 7) is 4.37. The first-order valence-electron chi connectivity index (χ1n) is 6.14. The quantitative estimate of drug-likeness (QED) is 0.803. The second kappa shape index (κ2) is 6.70. The van der Waals surface area contributed by atoms with Crippen LogP contribution >= 0.6 is 0 Å². The molecule has 0 spiro atoms. The molecule has 1 atom stereocenters. The number of halogens is 2. The van der Waals surface area contributed by atoms with Gasteiger partial charge in [-0.25, -0.2) is 8.78 Å². The standard InChI is InChI=1S/C14H21F2N/c1-10(2)4-6-12(17-3)8-11-5-7-13(15)14(16)9-11/h5,7,9-10,12,17H,4,6,8H2,1-3H3. The highest BCUT2D eigenvalue weighted by Crippen LogP contribution is 2.14. The Bertz CT molecular complexity index is 350. The average molecular weight is 241 g/mol. The van der Waals surface area contributed by atoms with Crippen molar-refractivity contribution in [3.05, 3.63) is 35.4 Å². The van der Waals surface area contributed by atoms with E-state index in [4.69, 9.17) is 0 Å². The lowest BCUT2D eigenvalue weighted by atomic mass is 9.98. The first-order chi connectivity index (χ1) is 8.02. The van der Waals surface area contributed by atoms with E-state index in [0.29, 0.717) is 12.0 Å². The maximum absolute atomic E-state index is 13.1. The van der Waals surface area contributed by atoms with Gasteiger partial charge in [-0.05, 0) is 49.9 Å². The third-order valence-electron chi connectivity index (χ3n) is 2.97. The van der Waals surface area contributed by atoms with Gasteiger partial charge in [0, 0.05) is 6.04 Å². The molecule has 0 saturated carbocycles. The highest BCUT2D eigenvalue weighted by Gasteiger charge is 2.10. The van der Waals surface area contributed by atoms with Crippen molar-refractivity contribution < 1.29 is 8.78 Å². The number of nitrogens with one attached hydrogen (secondary N) is 1. The second-order valence-corrected chi connectivity index (χ2v) is 4.91. The molecule has 0 amide bonds. The SMILES string of the molecule is CNC(CCC(C)C)Cc1ccc(F)c(F)c1. The van der Waals surface area contributed by atoms with Crippen LogP contribution in [0.1, 0.15) is 32.3 Å². The molecule has 0 aliphatic carbocycles. The van der Waals surface area contributed by atoms with Crippen LogP contribution in [0.3, 0.4) is 0 Å². The minimum Gasteiger partial charge on any atom is -0.317 e. The first kappa shape index (κ1) is 14.1. The molecule has 17 heavy (non-hydrogen) atoms. The monoisotopic (exact) mass is 241 g/mol. The fraction of sp³-hybridized carbons (Fsp3) is 0.571. The molecule has 1 rings (SSSR count). The topological polar surface area (TPSA) is 12.0 Å². The van der Waals surface area contributed by atoms with Gasteiger partial charge in [-0.2, -0.15) is 0 Å². The number of hydrogen-bond donors (Lipinski definition) is 1. The molecule has 0 radical (unpaired) electrons. The molecule has 1 aromatic carbocycles. The Hall–Kier alpha value is -0.960. The summed E-state index contributed by atoms with van der Waals surface area (Å²) in [5.41, 5.74) is 0.840. The molecule has 0 fully saturated rings. The van der Waals surface area contributed by atoms with Gasteiger partial charge in [0.2, 0.25) is 0 Å². The van der Waals surface area contributed by atoms with Crippen LogP contribution in [-0.2, 0) is 6.42 Å². The zero-order chi connectivity index (χ0) is 12.8. The molecule has 0 aliphatic heterocycles. The number of rotatable bonds is 6. The van der Waals surface area contributed by atoms with Crippen LogP contribution in [-0.4, -0.2) is 13.1 Å². The van der Waals surface area contributed by atoms with Gasteiger partial charge in [0.05, 0.1) is 0 Å². The van der Waals surface area contributed by atoms with Gasteiger partial charge in [0.1, 0.15) is 0 Å². The normalized spacial score (nSPS) is 13.1. The van der Waals surface area contributed by atoms with E-state index < -0.39 is 11.6 Å². The molecule has 3 heteroatoms. The Morgan fingerprint density at radius 3 is 2.35 bits per heavy atom. The molecule has 0 aliphatic rings. The smallest absolute Gasteiger partial charge is 0.159 e. The molecule has 0 bridgehead atoms. The summed E-state index contributed by atoms with van der Waals surface area (Å²) in [7, 11) is 1.91. The van der Waals surface area contributed by atoms with Crippen LogP contribution in [0.25, 0.3) is 0 Å². The first-order valence-corrected chi connectivity index (χ1v) is 6.14. The van der Waals surface area contributed by atoms with Crippen molar-refractivity contribution in [1.82, 2.24) is 5.32 Å². The molecule has 0 aromatic heterocycles. The van der Waals surface area contributed by atoms with E-state index in [-0.39, 0.29) is 0 Å². The highest BCUT2D eigenvalue weighted by atomic mass is 19.2. The predicted molar refractivity (Wildman–Crippen MR) is 67.0 cm³/mol. The van der Waals surface area contributed by atoms with E-state index in [0.717, 1.165) is 24.8 Å². The van der Waals surface area contributed by atoms with Crippen molar-refractivity contribution in [3.8, 4) is 0 Å². The minimum absolute atomic E-state index is 0.322. The summed E-state index contributed by atoms with van der Waals surface area (Å²) < 4.78 is 25.8. The van der Waals surface area contributed by atoms with Crippen molar-refractivity contribution in [2.24, 2.45) is 5.92 Å². The van der Waals surface area contributed by atoms with E-state index in [2.05, 4.69) is 19.2 Å². The highest BCUT2D eigenvalue weighted by molar-refractivity contribution is 5.18. The summed E-state index contributed by atoms with van der Waals surface area (Å²) in [6.07, 6.45) is 2.92. The fourth-order valence-electron chi connectivity index (χ4n) is 1.83. The van der Waals surface area contributed by atoms with Crippen molar-refractivity contribution in [3.63, 3.8) is 0 Å². The minimum atomic E-state index is -0.781. The van der Waals surface area contributed by atoms with E-state index >= 15 is 0 Å². The lowest BCUT2D eigenvalue weighted by Crippen LogP contribution is -2.28. The van der Waals surface area contributed by atoms with Gasteiger partial charge in [0.25, 0.3) is 0 Å². The number of likely N-dealkylation sites (N-methyl/N-ethyl adjacent to an activating group) is 1. The van der Waals surface area contributed by atoms with Gasteiger partial charge >= 0.3 is 0 Å². The number of hydrogen-bond acceptors (Lipinski definition) is 1. The van der Waals surface area contributed by atoms with Crippen LogP contribution in [0.5, 0.6) is 0 Å². The summed E-state index contributed by atoms with van der Waals surface area (Å²) in [4.78, 5) is 0. The van der Waals surface area contributed by atoms with Crippen molar-refractivity contribution in [2.45, 2.75) is 39.2 Å². The third kappa shape index (κ3) is 4.82. The fourth-order valence-corrected chi connectivity index (χ4v) is 1.83. The van der Waals surface area contributed by atoms with Gasteiger partial charge < -0.3 is 5.32 Å². The largest absolute Gasteiger partial charge is 0.317 e. The maximum atomic E-state index is 13.1. The Balaban J connectivity index is 2.57. The van der Waals surface area contributed by atoms with Crippen LogP contribution in [0.2, 0.25) is 0 Å². The summed E-state index contributed by atoms with van der Waals surface area (Å²) in [6, 6.07) is 4.45. The van der Waals surface area contributed by atoms with Crippen molar-refractivity contribution in [1.29, 1.82) is 0 Å². The van der Waals surface area contributed by atoms with Crippen molar-refractivity contribution >= 4 is 0 Å². The Morgan fingerprint density at radius 2 is 1.82 bits per heavy atom. The molecular weight excluding hydrogens is 220 g/mol. The predicted octanol–water partition coefficient (Wildman–Crippen LogP) is 3.53. The van der Waals surface area contributed by atoms with Crippen molar-refractivity contribution in [2.75, 3.05) is 7.05 Å². The Morgan fingerprint density at radius 1 is 1.12 bits per heavy atom. The third-order valence-corrected chi connectivity index (χ3v) is 2.97. The second-order valence-electron chi connectivity index (χ2n) is 4.91. The Kier molecular flexibility index (Phi) is 5.56. The summed E-state index contributed by atoms with van der Waals surface area (Å²) in [5, 5.41) is 3.22. The summed E-state index contributed by atoms with van der Waals surface area (Å²) >= 11 is 0. The lowest BCUT2D eigenvalue weighted by molar-refractivity contribution is 0.448. The van der Waals surface area contributed by atoms with E-state index in [1.165, 1.54) is 12.1 Å². The molecular formula is C14H21F2N. The van der Waals surface area contributed by atoms with Crippen LogP contribution in [0.4, 0.5) is 8.78 Å². The molecule has 1 nitrogen and oxygen atoms in total. The molecule has 0 saturated heterocycles. The van der Waals surface area contributed by atoms with E-state index in [1.54, 1.807) is 6.07 Å². The van der Waals surface area contributed by atoms with Crippen LogP contribution < -0.4 is 5.32 Å². The molecule has 1 aromatic rings. The van der Waals surface area contributed by atoms with E-state index in [1.807, 2.05) is 7.05 Å². The molecule has 1 unspecified atom stereocenters. The molecule has 96 valence electrons.